The molecule has 0 radical (unpaired) electrons. The molecule has 0 aromatic heterocycles. The average Bonchev–Trinajstić information content (AvgIpc) is 2.16. The van der Waals surface area contributed by atoms with Crippen molar-refractivity contribution in [1.82, 2.24) is 0 Å². The lowest BCUT2D eigenvalue weighted by molar-refractivity contribution is -0.144. The minimum atomic E-state index is -2.49. The van der Waals surface area contributed by atoms with Crippen LogP contribution in [0.4, 0.5) is 0 Å². The van der Waals surface area contributed by atoms with E-state index < -0.39 is 18.9 Å². The molecule has 0 aliphatic heterocycles. The van der Waals surface area contributed by atoms with E-state index in [0.717, 1.165) is 0 Å². The molecule has 0 heterocycles. The van der Waals surface area contributed by atoms with Gasteiger partial charge in [-0.1, -0.05) is 0 Å². The fourth-order valence-electron chi connectivity index (χ4n) is 1.68. The van der Waals surface area contributed by atoms with E-state index in [4.69, 9.17) is 15.3 Å². The Bertz CT molecular complexity index is 280. The Morgan fingerprint density at radius 3 is 2.69 bits per heavy atom. The summed E-state index contributed by atoms with van der Waals surface area (Å²) in [6, 6.07) is 0. The van der Waals surface area contributed by atoms with E-state index in [-0.39, 0.29) is 12.0 Å². The zero-order valence-electron chi connectivity index (χ0n) is 11.7. The maximum absolute atomic E-state index is 10.7. The number of ether oxygens (including phenoxy) is 1. The Hall–Kier alpha value is -0.570. The van der Waals surface area contributed by atoms with Gasteiger partial charge in [0.25, 0.3) is 0 Å². The van der Waals surface area contributed by atoms with Gasteiger partial charge in [-0.25, -0.2) is 0 Å². The Labute approximate surface area is 84.7 Å². The topological polar surface area (TPSA) is 46.5 Å². The van der Waals surface area contributed by atoms with Gasteiger partial charge in [0, 0.05) is 4.11 Å². The highest BCUT2D eigenvalue weighted by atomic mass is 16.5. The first-order chi connectivity index (χ1) is 7.63. The third-order valence-corrected chi connectivity index (χ3v) is 2.37. The van der Waals surface area contributed by atoms with Crippen LogP contribution in [0, 0.1) is 5.92 Å². The van der Waals surface area contributed by atoms with Crippen LogP contribution in [0.2, 0.25) is 0 Å². The average molecular weight is 190 g/mol. The molecule has 13 heavy (non-hydrogen) atoms. The fourth-order valence-corrected chi connectivity index (χ4v) is 1.68. The predicted molar refractivity (Wildman–Crippen MR) is 49.6 cm³/mol. The van der Waals surface area contributed by atoms with Gasteiger partial charge in [0.05, 0.1) is 19.5 Å². The molecule has 1 aliphatic carbocycles. The fraction of sp³-hybridized carbons (Fsp3) is 0.900. The van der Waals surface area contributed by atoms with Crippen molar-refractivity contribution in [3.05, 3.63) is 0 Å². The molecule has 0 saturated heterocycles. The van der Waals surface area contributed by atoms with Crippen LogP contribution in [0.1, 0.15) is 44.9 Å². The maximum atomic E-state index is 10.7. The molecule has 1 fully saturated rings. The van der Waals surface area contributed by atoms with E-state index in [9.17, 15) is 4.79 Å². The van der Waals surface area contributed by atoms with E-state index in [1.54, 1.807) is 0 Å². The minimum Gasteiger partial charge on any atom is -0.481 e. The zero-order valence-corrected chi connectivity index (χ0v) is 7.75. The molecule has 1 unspecified atom stereocenters. The molecule has 3 nitrogen and oxygen atoms in total. The summed E-state index contributed by atoms with van der Waals surface area (Å²) in [4.78, 5) is 10.7. The second-order valence-corrected chi connectivity index (χ2v) is 3.49. The SMILES string of the molecule is [2H]C([2H])([2H])C([2H])(C)OC1CCC(C(=O)O)CC1. The first-order valence-corrected chi connectivity index (χ1v) is 4.54. The van der Waals surface area contributed by atoms with Crippen LogP contribution in [-0.2, 0) is 9.53 Å². The van der Waals surface area contributed by atoms with Crippen LogP contribution in [0.5, 0.6) is 0 Å². The van der Waals surface area contributed by atoms with Crippen molar-refractivity contribution in [2.24, 2.45) is 5.92 Å². The van der Waals surface area contributed by atoms with Crippen LogP contribution in [-0.4, -0.2) is 23.3 Å². The first kappa shape index (κ1) is 6.02. The first-order valence-electron chi connectivity index (χ1n) is 6.54. The Balaban J connectivity index is 2.48. The van der Waals surface area contributed by atoms with Crippen molar-refractivity contribution < 1.29 is 20.1 Å². The highest BCUT2D eigenvalue weighted by Crippen LogP contribution is 2.26. The van der Waals surface area contributed by atoms with Crippen molar-refractivity contribution in [1.29, 1.82) is 0 Å². The third kappa shape index (κ3) is 3.35. The molecule has 1 saturated carbocycles. The Kier molecular flexibility index (Phi) is 2.13. The zero-order chi connectivity index (χ0) is 13.3. The molecule has 1 atom stereocenters. The molecule has 0 bridgehead atoms. The minimum absolute atomic E-state index is 0.325. The van der Waals surface area contributed by atoms with Crippen molar-refractivity contribution in [3.8, 4) is 0 Å². The number of carbonyl (C=O) groups is 1. The third-order valence-electron chi connectivity index (χ3n) is 2.37. The molecule has 0 aromatic rings. The standard InChI is InChI=1S/C10H18O3/c1-7(2)13-9-5-3-8(4-6-9)10(11)12/h7-9H,3-6H2,1-2H3,(H,11,12)/i1D3,7D. The van der Waals surface area contributed by atoms with E-state index in [0.29, 0.717) is 25.7 Å². The van der Waals surface area contributed by atoms with Crippen LogP contribution in [0.3, 0.4) is 0 Å². The molecule has 1 rings (SSSR count). The Morgan fingerprint density at radius 2 is 2.23 bits per heavy atom. The van der Waals surface area contributed by atoms with Crippen LogP contribution in [0.25, 0.3) is 0 Å². The smallest absolute Gasteiger partial charge is 0.306 e. The lowest BCUT2D eigenvalue weighted by Gasteiger charge is -2.27. The van der Waals surface area contributed by atoms with Gasteiger partial charge in [-0.15, -0.1) is 0 Å². The number of carboxylic acid groups (broad SMARTS) is 1. The highest BCUT2D eigenvalue weighted by molar-refractivity contribution is 5.69. The van der Waals surface area contributed by atoms with Gasteiger partial charge in [0.15, 0.2) is 0 Å². The highest BCUT2D eigenvalue weighted by Gasteiger charge is 2.26. The summed E-state index contributed by atoms with van der Waals surface area (Å²) in [5, 5.41) is 8.82. The molecule has 76 valence electrons. The number of rotatable bonds is 3. The largest absolute Gasteiger partial charge is 0.481 e. The normalized spacial score (nSPS) is 39.2. The molecular formula is C10H18O3. The number of hydrogen-bond acceptors (Lipinski definition) is 2. The Morgan fingerprint density at radius 1 is 1.62 bits per heavy atom. The summed E-state index contributed by atoms with van der Waals surface area (Å²) < 4.78 is 34.5. The van der Waals surface area contributed by atoms with Crippen LogP contribution >= 0.6 is 0 Å². The molecule has 3 heteroatoms. The number of hydrogen-bond donors (Lipinski definition) is 1. The summed E-state index contributed by atoms with van der Waals surface area (Å²) >= 11 is 0. The van der Waals surface area contributed by atoms with Gasteiger partial charge >= 0.3 is 5.97 Å². The van der Waals surface area contributed by atoms with E-state index in [1.807, 2.05) is 0 Å². The van der Waals surface area contributed by atoms with E-state index in [2.05, 4.69) is 0 Å². The van der Waals surface area contributed by atoms with Crippen molar-refractivity contribution >= 4 is 5.97 Å². The van der Waals surface area contributed by atoms with Crippen LogP contribution < -0.4 is 0 Å². The van der Waals surface area contributed by atoms with Gasteiger partial charge in [-0.3, -0.25) is 4.79 Å². The molecule has 1 N–H and O–H groups in total. The van der Waals surface area contributed by atoms with Gasteiger partial charge in [-0.05, 0) is 39.5 Å². The lowest BCUT2D eigenvalue weighted by atomic mass is 9.87. The lowest BCUT2D eigenvalue weighted by Crippen LogP contribution is -2.27. The molecule has 0 aromatic carbocycles. The molecule has 1 aliphatic rings. The summed E-state index contributed by atoms with van der Waals surface area (Å²) in [6.45, 7) is -1.26. The second kappa shape index (κ2) is 4.61. The summed E-state index contributed by atoms with van der Waals surface area (Å²) in [6.07, 6.45) is -0.279. The molecular weight excluding hydrogens is 168 g/mol. The molecule has 0 spiro atoms. The van der Waals surface area contributed by atoms with Crippen molar-refractivity contribution in [2.75, 3.05) is 0 Å². The summed E-state index contributed by atoms with van der Waals surface area (Å²) in [7, 11) is 0. The number of aliphatic carboxylic acids is 1. The van der Waals surface area contributed by atoms with Gasteiger partial charge < -0.3 is 9.84 Å². The van der Waals surface area contributed by atoms with Crippen molar-refractivity contribution in [3.63, 3.8) is 0 Å². The van der Waals surface area contributed by atoms with Crippen LogP contribution in [0.15, 0.2) is 0 Å². The van der Waals surface area contributed by atoms with E-state index in [1.165, 1.54) is 6.92 Å². The monoisotopic (exact) mass is 190 g/mol. The number of carboxylic acids is 1. The molecule has 0 amide bonds. The quantitative estimate of drug-likeness (QED) is 0.741. The summed E-state index contributed by atoms with van der Waals surface area (Å²) in [5.74, 6) is -1.17. The summed E-state index contributed by atoms with van der Waals surface area (Å²) in [5.41, 5.74) is 0. The van der Waals surface area contributed by atoms with Gasteiger partial charge in [0.2, 0.25) is 0 Å². The maximum Gasteiger partial charge on any atom is 0.306 e. The van der Waals surface area contributed by atoms with Gasteiger partial charge in [0.1, 0.15) is 0 Å². The van der Waals surface area contributed by atoms with Gasteiger partial charge in [-0.2, -0.15) is 0 Å². The predicted octanol–water partition coefficient (Wildman–Crippen LogP) is 2.05. The van der Waals surface area contributed by atoms with E-state index >= 15 is 0 Å². The van der Waals surface area contributed by atoms with Crippen molar-refractivity contribution in [2.45, 2.75) is 51.6 Å². The second-order valence-electron chi connectivity index (χ2n) is 3.49.